The molecule has 0 atom stereocenters. The second-order valence-corrected chi connectivity index (χ2v) is 20.4. The number of rotatable bonds is 6. The highest BCUT2D eigenvalue weighted by Gasteiger charge is 2.42. The van der Waals surface area contributed by atoms with Gasteiger partial charge in [-0.25, -0.2) is 0 Å². The lowest BCUT2D eigenvalue weighted by molar-refractivity contribution is 0.659. The zero-order valence-electron chi connectivity index (χ0n) is 40.3. The molecule has 4 nitrogen and oxygen atoms in total. The second-order valence-electron chi connectivity index (χ2n) is 20.4. The fourth-order valence-electron chi connectivity index (χ4n) is 11.6. The minimum Gasteiger partial charge on any atom is -0.310 e. The molecule has 66 heavy (non-hydrogen) atoms. The minimum atomic E-state index is -0.458. The van der Waals surface area contributed by atoms with Crippen LogP contribution < -0.4 is 9.80 Å². The van der Waals surface area contributed by atoms with Crippen LogP contribution in [0.4, 0.5) is 34.1 Å². The minimum absolute atomic E-state index is 0.458. The number of hydrogen-bond donors (Lipinski definition) is 0. The van der Waals surface area contributed by atoms with Crippen LogP contribution in [-0.2, 0) is 10.8 Å². The summed E-state index contributed by atoms with van der Waals surface area (Å²) in [6, 6.07) is 50.3. The van der Waals surface area contributed by atoms with Crippen molar-refractivity contribution in [3.05, 3.63) is 199 Å². The molecule has 0 spiro atoms. The van der Waals surface area contributed by atoms with Crippen molar-refractivity contribution in [3.63, 3.8) is 0 Å². The van der Waals surface area contributed by atoms with E-state index in [1.807, 2.05) is 0 Å². The molecular weight excluding hydrogens is 801 g/mol. The summed E-state index contributed by atoms with van der Waals surface area (Å²) < 4.78 is 0. The smallest absolute Gasteiger partial charge is 0.100 e. The summed E-state index contributed by atoms with van der Waals surface area (Å²) in [7, 11) is 0. The van der Waals surface area contributed by atoms with Crippen LogP contribution in [-0.4, -0.2) is 0 Å². The van der Waals surface area contributed by atoms with E-state index >= 15 is 0 Å². The van der Waals surface area contributed by atoms with Crippen molar-refractivity contribution in [2.24, 2.45) is 0 Å². The van der Waals surface area contributed by atoms with Crippen molar-refractivity contribution in [1.82, 2.24) is 0 Å². The van der Waals surface area contributed by atoms with E-state index in [9.17, 15) is 10.5 Å². The maximum absolute atomic E-state index is 11.3. The van der Waals surface area contributed by atoms with Crippen LogP contribution in [0.3, 0.4) is 0 Å². The van der Waals surface area contributed by atoms with Gasteiger partial charge in [0.2, 0.25) is 0 Å². The lowest BCUT2D eigenvalue weighted by Gasteiger charge is -2.29. The number of benzene rings is 8. The van der Waals surface area contributed by atoms with Crippen LogP contribution >= 0.6 is 0 Å². The second kappa shape index (κ2) is 15.1. The molecule has 0 radical (unpaired) electrons. The summed E-state index contributed by atoms with van der Waals surface area (Å²) in [5.41, 5.74) is 25.2. The number of nitrogens with zero attached hydrogens (tertiary/aromatic N) is 4. The summed E-state index contributed by atoms with van der Waals surface area (Å²) in [5, 5.41) is 24.3. The van der Waals surface area contributed by atoms with E-state index in [-0.39, 0.29) is 0 Å². The summed E-state index contributed by atoms with van der Waals surface area (Å²) in [5.74, 6) is 0. The molecule has 0 saturated heterocycles. The monoisotopic (exact) mass is 856 g/mol. The molecule has 0 aliphatic heterocycles. The Morgan fingerprint density at radius 3 is 0.864 bits per heavy atom. The molecule has 0 bridgehead atoms. The average molecular weight is 857 g/mol. The fourth-order valence-corrected chi connectivity index (χ4v) is 11.6. The van der Waals surface area contributed by atoms with Crippen LogP contribution in [0.1, 0.15) is 106 Å². The largest absolute Gasteiger partial charge is 0.310 e. The van der Waals surface area contributed by atoms with Crippen molar-refractivity contribution in [2.45, 2.75) is 93.9 Å². The normalized spacial score (nSPS) is 13.7. The van der Waals surface area contributed by atoms with Gasteiger partial charge < -0.3 is 9.80 Å². The Kier molecular flexibility index (Phi) is 9.72. The standard InChI is InChI=1S/C62H56N4/c1-35-17-36(2)22-45(21-35)65(46-23-37(3)18-38(4)24-46)43-13-15-49-55(29-43)61(9,10)57-31-51-52(53(33-63)59(49)57)32-58-60(54(51)34-64)50-16-14-44(30-56(50)62(58,11)12)66(47-25-39(5)19-40(6)26-47)48-27-41(7)20-42(8)28-48/h13-32H,1-12H3. The molecule has 0 saturated carbocycles. The third-order valence-electron chi connectivity index (χ3n) is 14.3. The SMILES string of the molecule is Cc1cc(C)cc(N(c2cc(C)cc(C)c2)c2ccc3c(c2)C(C)(C)c2cc4c(C#N)c5c(cc4c(C#N)c2-3)C(C)(C)c2cc(N(c3cc(C)cc(C)c3)c3cc(C)cc(C)c3)ccc2-5)c1. The quantitative estimate of drug-likeness (QED) is 0.167. The van der Waals surface area contributed by atoms with Gasteiger partial charge in [-0.3, -0.25) is 0 Å². The van der Waals surface area contributed by atoms with E-state index in [0.29, 0.717) is 11.1 Å². The first kappa shape index (κ1) is 42.5. The highest BCUT2D eigenvalue weighted by Crippen LogP contribution is 2.57. The summed E-state index contributed by atoms with van der Waals surface area (Å²) >= 11 is 0. The third-order valence-corrected chi connectivity index (χ3v) is 14.3. The Bertz CT molecular complexity index is 3080. The maximum atomic E-state index is 11.3. The molecule has 0 fully saturated rings. The lowest BCUT2D eigenvalue weighted by Crippen LogP contribution is -2.17. The summed E-state index contributed by atoms with van der Waals surface area (Å²) in [6.45, 7) is 26.3. The first-order valence-corrected chi connectivity index (χ1v) is 23.1. The Balaban J connectivity index is 1.15. The molecule has 4 heteroatoms. The van der Waals surface area contributed by atoms with Gasteiger partial charge in [0, 0.05) is 66.9 Å². The highest BCUT2D eigenvalue weighted by molar-refractivity contribution is 6.07. The molecule has 8 aromatic rings. The molecule has 0 heterocycles. The van der Waals surface area contributed by atoms with Crippen LogP contribution in [0.5, 0.6) is 0 Å². The first-order valence-electron chi connectivity index (χ1n) is 23.1. The van der Waals surface area contributed by atoms with E-state index in [2.05, 4.69) is 226 Å². The summed E-state index contributed by atoms with van der Waals surface area (Å²) in [4.78, 5) is 4.74. The number of hydrogen-bond acceptors (Lipinski definition) is 4. The van der Waals surface area contributed by atoms with Gasteiger partial charge in [0.15, 0.2) is 0 Å². The Labute approximate surface area is 391 Å². The van der Waals surface area contributed by atoms with E-state index in [1.165, 1.54) is 55.6 Å². The van der Waals surface area contributed by atoms with Crippen molar-refractivity contribution < 1.29 is 0 Å². The van der Waals surface area contributed by atoms with Crippen LogP contribution in [0, 0.1) is 78.1 Å². The van der Waals surface area contributed by atoms with Crippen LogP contribution in [0.15, 0.2) is 121 Å². The van der Waals surface area contributed by atoms with Gasteiger partial charge in [-0.2, -0.15) is 10.5 Å². The van der Waals surface area contributed by atoms with Crippen molar-refractivity contribution >= 4 is 44.9 Å². The van der Waals surface area contributed by atoms with E-state index in [0.717, 1.165) is 78.3 Å². The third kappa shape index (κ3) is 6.62. The van der Waals surface area contributed by atoms with E-state index in [4.69, 9.17) is 0 Å². The molecular formula is C62H56N4. The Morgan fingerprint density at radius 1 is 0.333 bits per heavy atom. The fraction of sp³-hybridized carbons (Fsp3) is 0.226. The molecule has 0 amide bonds. The predicted molar refractivity (Wildman–Crippen MR) is 276 cm³/mol. The predicted octanol–water partition coefficient (Wildman–Crippen LogP) is 16.6. The molecule has 10 rings (SSSR count). The van der Waals surface area contributed by atoms with Gasteiger partial charge >= 0.3 is 0 Å². The molecule has 0 aromatic heterocycles. The number of fused-ring (bicyclic) bond motifs is 7. The topological polar surface area (TPSA) is 54.1 Å². The highest BCUT2D eigenvalue weighted by atomic mass is 15.1. The van der Waals surface area contributed by atoms with Gasteiger partial charge in [-0.05, 0) is 218 Å². The molecule has 8 aromatic carbocycles. The Hall–Kier alpha value is -7.40. The van der Waals surface area contributed by atoms with E-state index < -0.39 is 10.8 Å². The lowest BCUT2D eigenvalue weighted by atomic mass is 9.78. The molecule has 324 valence electrons. The van der Waals surface area contributed by atoms with Gasteiger partial charge in [0.25, 0.3) is 0 Å². The molecule has 0 N–H and O–H groups in total. The van der Waals surface area contributed by atoms with Gasteiger partial charge in [-0.15, -0.1) is 0 Å². The van der Waals surface area contributed by atoms with Crippen molar-refractivity contribution in [3.8, 4) is 34.4 Å². The molecule has 2 aliphatic rings. The van der Waals surface area contributed by atoms with E-state index in [1.54, 1.807) is 0 Å². The Morgan fingerprint density at radius 2 is 0.606 bits per heavy atom. The summed E-state index contributed by atoms with van der Waals surface area (Å²) in [6.07, 6.45) is 0. The zero-order chi connectivity index (χ0) is 46.7. The van der Waals surface area contributed by atoms with Gasteiger partial charge in [0.1, 0.15) is 12.1 Å². The van der Waals surface area contributed by atoms with Gasteiger partial charge in [0.05, 0.1) is 11.1 Å². The van der Waals surface area contributed by atoms with Crippen LogP contribution in [0.2, 0.25) is 0 Å². The number of aryl methyl sites for hydroxylation is 8. The first-order chi connectivity index (χ1) is 31.4. The van der Waals surface area contributed by atoms with Crippen LogP contribution in [0.25, 0.3) is 33.0 Å². The molecule has 0 unspecified atom stereocenters. The average Bonchev–Trinajstić information content (AvgIpc) is 3.59. The van der Waals surface area contributed by atoms with Crippen molar-refractivity contribution in [1.29, 1.82) is 10.5 Å². The number of anilines is 6. The van der Waals surface area contributed by atoms with Gasteiger partial charge in [-0.1, -0.05) is 64.1 Å². The maximum Gasteiger partial charge on any atom is 0.100 e. The van der Waals surface area contributed by atoms with Crippen molar-refractivity contribution in [2.75, 3.05) is 9.80 Å². The molecule has 2 aliphatic carbocycles. The number of nitriles is 2. The zero-order valence-corrected chi connectivity index (χ0v) is 40.3.